The quantitative estimate of drug-likeness (QED) is 0.235. The Morgan fingerprint density at radius 1 is 0.811 bits per heavy atom. The summed E-state index contributed by atoms with van der Waals surface area (Å²) in [6.45, 7) is 7.70. The molecule has 7 nitrogen and oxygen atoms in total. The zero-order valence-electron chi connectivity index (χ0n) is 21.6. The molecule has 0 aromatic heterocycles. The van der Waals surface area contributed by atoms with Gasteiger partial charge in [0.15, 0.2) is 0 Å². The Morgan fingerprint density at radius 2 is 1.38 bits per heavy atom. The summed E-state index contributed by atoms with van der Waals surface area (Å²) in [4.78, 5) is 28.2. The second-order valence-corrected chi connectivity index (χ2v) is 9.30. The van der Waals surface area contributed by atoms with Crippen molar-refractivity contribution in [2.24, 2.45) is 0 Å². The number of aliphatic hydroxyl groups excluding tert-OH is 1. The van der Waals surface area contributed by atoms with Crippen LogP contribution in [-0.2, 0) is 9.59 Å². The molecule has 0 spiro atoms. The number of aliphatic hydroxyl groups is 1. The monoisotopic (exact) mass is 501 g/mol. The van der Waals surface area contributed by atoms with Crippen LogP contribution in [0.3, 0.4) is 0 Å². The molecule has 1 aliphatic heterocycles. The Labute approximate surface area is 216 Å². The van der Waals surface area contributed by atoms with E-state index in [4.69, 9.17) is 14.2 Å². The molecule has 0 radical (unpaired) electrons. The van der Waals surface area contributed by atoms with Crippen molar-refractivity contribution in [2.45, 2.75) is 45.9 Å². The number of methoxy groups -OCH3 is 1. The molecule has 1 N–H and O–H groups in total. The first-order valence-electron chi connectivity index (χ1n) is 12.2. The molecular weight excluding hydrogens is 470 g/mol. The zero-order chi connectivity index (χ0) is 26.7. The molecule has 1 amide bonds. The predicted molar refractivity (Wildman–Crippen MR) is 142 cm³/mol. The molecule has 0 aliphatic carbocycles. The lowest BCUT2D eigenvalue weighted by molar-refractivity contribution is -0.132. The molecule has 1 heterocycles. The van der Waals surface area contributed by atoms with E-state index in [9.17, 15) is 14.7 Å². The van der Waals surface area contributed by atoms with E-state index in [1.165, 1.54) is 4.90 Å². The largest absolute Gasteiger partial charge is 0.507 e. The van der Waals surface area contributed by atoms with Gasteiger partial charge in [-0.2, -0.15) is 0 Å². The number of hydrogen-bond donors (Lipinski definition) is 1. The van der Waals surface area contributed by atoms with E-state index in [-0.39, 0.29) is 23.5 Å². The maximum atomic E-state index is 13.4. The van der Waals surface area contributed by atoms with Crippen molar-refractivity contribution >= 4 is 23.1 Å². The molecule has 0 bridgehead atoms. The number of anilines is 1. The number of ether oxygens (including phenoxy) is 3. The Kier molecular flexibility index (Phi) is 7.53. The summed E-state index contributed by atoms with van der Waals surface area (Å²) in [5.41, 5.74) is 1.54. The third-order valence-corrected chi connectivity index (χ3v) is 5.84. The first-order chi connectivity index (χ1) is 17.7. The average Bonchev–Trinajstić information content (AvgIpc) is 3.14. The summed E-state index contributed by atoms with van der Waals surface area (Å²) in [6.07, 6.45) is -0.00986. The molecule has 1 atom stereocenters. The van der Waals surface area contributed by atoms with Crippen molar-refractivity contribution in [3.63, 3.8) is 0 Å². The van der Waals surface area contributed by atoms with Gasteiger partial charge in [-0.3, -0.25) is 14.5 Å². The molecular formula is C30H31NO6. The van der Waals surface area contributed by atoms with Gasteiger partial charge in [0, 0.05) is 11.3 Å². The number of hydrogen-bond acceptors (Lipinski definition) is 6. The zero-order valence-corrected chi connectivity index (χ0v) is 21.6. The van der Waals surface area contributed by atoms with Gasteiger partial charge in [-0.05, 0) is 93.9 Å². The van der Waals surface area contributed by atoms with Gasteiger partial charge in [0.2, 0.25) is 0 Å². The van der Waals surface area contributed by atoms with Gasteiger partial charge in [-0.15, -0.1) is 0 Å². The molecule has 1 aliphatic rings. The maximum absolute atomic E-state index is 13.4. The average molecular weight is 502 g/mol. The van der Waals surface area contributed by atoms with Gasteiger partial charge in [0.25, 0.3) is 11.7 Å². The second kappa shape index (κ2) is 10.8. The van der Waals surface area contributed by atoms with Gasteiger partial charge in [0.1, 0.15) is 23.0 Å². The summed E-state index contributed by atoms with van der Waals surface area (Å²) in [5.74, 6) is 0.0995. The molecule has 1 unspecified atom stereocenters. The lowest BCUT2D eigenvalue weighted by Crippen LogP contribution is -2.29. The van der Waals surface area contributed by atoms with Crippen LogP contribution in [0.2, 0.25) is 0 Å². The SMILES string of the molecule is COc1cccc(C2/C(=C(/O)c3ccc(OC(C)C)cc3)C(=O)C(=O)N2c2ccc(OC(C)C)cc2)c1. The van der Waals surface area contributed by atoms with Crippen LogP contribution in [0.5, 0.6) is 17.2 Å². The highest BCUT2D eigenvalue weighted by atomic mass is 16.5. The van der Waals surface area contributed by atoms with Crippen molar-refractivity contribution < 1.29 is 28.9 Å². The van der Waals surface area contributed by atoms with Crippen LogP contribution in [-0.4, -0.2) is 36.1 Å². The van der Waals surface area contributed by atoms with Crippen LogP contribution >= 0.6 is 0 Å². The number of benzene rings is 3. The van der Waals surface area contributed by atoms with Crippen molar-refractivity contribution in [3.05, 3.63) is 89.5 Å². The van der Waals surface area contributed by atoms with Crippen LogP contribution in [0.15, 0.2) is 78.4 Å². The fraction of sp³-hybridized carbons (Fsp3) is 0.267. The Bertz CT molecular complexity index is 1310. The summed E-state index contributed by atoms with van der Waals surface area (Å²) in [6, 6.07) is 20.0. The lowest BCUT2D eigenvalue weighted by atomic mass is 9.95. The van der Waals surface area contributed by atoms with E-state index in [1.807, 2.05) is 27.7 Å². The molecule has 1 fully saturated rings. The number of ketones is 1. The van der Waals surface area contributed by atoms with E-state index in [2.05, 4.69) is 0 Å². The van der Waals surface area contributed by atoms with Crippen molar-refractivity contribution in [1.29, 1.82) is 0 Å². The summed E-state index contributed by atoms with van der Waals surface area (Å²) in [7, 11) is 1.55. The van der Waals surface area contributed by atoms with Crippen molar-refractivity contribution in [1.82, 2.24) is 0 Å². The van der Waals surface area contributed by atoms with Crippen molar-refractivity contribution in [3.8, 4) is 17.2 Å². The molecule has 4 rings (SSSR count). The predicted octanol–water partition coefficient (Wildman–Crippen LogP) is 5.90. The number of amides is 1. The first kappa shape index (κ1) is 25.8. The van der Waals surface area contributed by atoms with E-state index in [1.54, 1.807) is 79.9 Å². The highest BCUT2D eigenvalue weighted by Gasteiger charge is 2.47. The molecule has 3 aromatic carbocycles. The van der Waals surface area contributed by atoms with Crippen LogP contribution in [0, 0.1) is 0 Å². The van der Waals surface area contributed by atoms with Crippen LogP contribution in [0.1, 0.15) is 44.9 Å². The normalized spacial score (nSPS) is 16.9. The summed E-state index contributed by atoms with van der Waals surface area (Å²) < 4.78 is 16.8. The van der Waals surface area contributed by atoms with Gasteiger partial charge in [-0.1, -0.05) is 12.1 Å². The van der Waals surface area contributed by atoms with Crippen molar-refractivity contribution in [2.75, 3.05) is 12.0 Å². The van der Waals surface area contributed by atoms with Gasteiger partial charge in [0.05, 0.1) is 30.9 Å². The molecule has 3 aromatic rings. The molecule has 7 heteroatoms. The highest BCUT2D eigenvalue weighted by molar-refractivity contribution is 6.51. The topological polar surface area (TPSA) is 85.3 Å². The summed E-state index contributed by atoms with van der Waals surface area (Å²) in [5, 5.41) is 11.3. The van der Waals surface area contributed by atoms with Gasteiger partial charge < -0.3 is 19.3 Å². The number of Topliss-reactive ketones (excluding diaryl/α,β-unsaturated/α-hetero) is 1. The second-order valence-electron chi connectivity index (χ2n) is 9.30. The van der Waals surface area contributed by atoms with E-state index >= 15 is 0 Å². The minimum Gasteiger partial charge on any atom is -0.507 e. The smallest absolute Gasteiger partial charge is 0.300 e. The summed E-state index contributed by atoms with van der Waals surface area (Å²) >= 11 is 0. The fourth-order valence-electron chi connectivity index (χ4n) is 4.30. The number of nitrogens with zero attached hydrogens (tertiary/aromatic N) is 1. The minimum absolute atomic E-state index is 0.00159. The molecule has 1 saturated heterocycles. The standard InChI is InChI=1S/C30H31NO6/c1-18(2)36-23-13-9-20(10-14-23)28(32)26-27(21-7-6-8-25(17-21)35-5)31(30(34)29(26)33)22-11-15-24(16-12-22)37-19(3)4/h6-19,27,32H,1-5H3/b28-26-. The Hall–Kier alpha value is -4.26. The number of rotatable bonds is 8. The van der Waals surface area contributed by atoms with E-state index < -0.39 is 17.7 Å². The molecule has 37 heavy (non-hydrogen) atoms. The number of carbonyl (C=O) groups is 2. The van der Waals surface area contributed by atoms with Crippen LogP contribution in [0.4, 0.5) is 5.69 Å². The Morgan fingerprint density at radius 3 is 1.92 bits per heavy atom. The third kappa shape index (κ3) is 5.45. The fourth-order valence-corrected chi connectivity index (χ4v) is 4.30. The first-order valence-corrected chi connectivity index (χ1v) is 12.2. The van der Waals surface area contributed by atoms with Gasteiger partial charge >= 0.3 is 0 Å². The maximum Gasteiger partial charge on any atom is 0.300 e. The highest BCUT2D eigenvalue weighted by Crippen LogP contribution is 2.43. The molecule has 0 saturated carbocycles. The molecule has 192 valence electrons. The van der Waals surface area contributed by atoms with Crippen LogP contribution < -0.4 is 19.1 Å². The number of carbonyl (C=O) groups excluding carboxylic acids is 2. The van der Waals surface area contributed by atoms with Gasteiger partial charge in [-0.25, -0.2) is 0 Å². The van der Waals surface area contributed by atoms with Crippen LogP contribution in [0.25, 0.3) is 5.76 Å². The minimum atomic E-state index is -0.862. The Balaban J connectivity index is 1.83. The van der Waals surface area contributed by atoms with E-state index in [0.717, 1.165) is 0 Å². The third-order valence-electron chi connectivity index (χ3n) is 5.84. The lowest BCUT2D eigenvalue weighted by Gasteiger charge is -2.26. The van der Waals surface area contributed by atoms with E-state index in [0.29, 0.717) is 34.1 Å².